The van der Waals surface area contributed by atoms with E-state index in [0.717, 1.165) is 70.3 Å². The van der Waals surface area contributed by atoms with Crippen LogP contribution in [0.3, 0.4) is 0 Å². The summed E-state index contributed by atoms with van der Waals surface area (Å²) in [6.07, 6.45) is 39.5. The number of hydrogen-bond acceptors (Lipinski definition) is 27. The number of fused-ring (bicyclic) bond motifs is 10. The lowest BCUT2D eigenvalue weighted by molar-refractivity contribution is -0.533. The zero-order chi connectivity index (χ0) is 87.6. The number of nitrogens with two attached hydrogens (primary N) is 2. The molecule has 6 aromatic heterocycles. The maximum absolute atomic E-state index is 15.0. The molecule has 121 heavy (non-hydrogen) atoms. The van der Waals surface area contributed by atoms with Crippen molar-refractivity contribution in [3.8, 4) is 22.8 Å². The fourth-order valence-corrected chi connectivity index (χ4v) is 20.0. The average molecular weight is 1760 g/mol. The third kappa shape index (κ3) is 20.0. The van der Waals surface area contributed by atoms with E-state index in [4.69, 9.17) is 48.9 Å². The highest BCUT2D eigenvalue weighted by molar-refractivity contribution is 7.90. The van der Waals surface area contributed by atoms with Crippen LogP contribution >= 0.6 is 23.2 Å². The van der Waals surface area contributed by atoms with Crippen LogP contribution in [0.5, 0.6) is 0 Å². The van der Waals surface area contributed by atoms with Crippen molar-refractivity contribution < 1.29 is 87.3 Å². The second kappa shape index (κ2) is 39.1. The number of benzene rings is 2. The molecule has 0 aliphatic heterocycles. The molecule has 2 aromatic carbocycles. The predicted octanol–water partition coefficient (Wildman–Crippen LogP) is 11.3. The number of nitrogens with zero attached hydrogens (tertiary/aromatic N) is 10. The molecule has 17 atom stereocenters. The second-order valence-electron chi connectivity index (χ2n) is 29.7. The van der Waals surface area contributed by atoms with Crippen molar-refractivity contribution >= 4 is 106 Å². The van der Waals surface area contributed by atoms with Gasteiger partial charge in [-0.25, -0.2) is 68.3 Å². The van der Waals surface area contributed by atoms with Crippen LogP contribution in [-0.4, -0.2) is 159 Å². The fraction of sp³-hybridized carbons (Fsp3) is 0.361. The number of methoxy groups -OCH3 is 5. The summed E-state index contributed by atoms with van der Waals surface area (Å²) < 4.78 is 120. The minimum atomic E-state index is -4.02. The topological polar surface area (TPSA) is 442 Å². The SMILES string of the molecule is C1=CCC=C1.COC(=O)/C=C/[N+](=O)[O-].COC(=O)[C@H]1C2C=CC(C2)[C@@H]1Cc1nc(-c2cn(S(=O)(=O)c3ccc(C)cc3)c3ncc(Cl)cc23)ncc1F.COC(=O)[C@H]1C2C=CC(C2)[C@@H]1N.COC(=O)[C@H]1C2C=CC(C2)[C@@H]1N.COC(=O)[C@H]1C2C=CC(C2)[C@@H]1[N+](=O)[O-].Cc1ccc(S(=O)(=O)n2cc(-c3ncc(F)c(S(C)=O)n3)c3cc(Cl)cnc32)cc1. The van der Waals surface area contributed by atoms with Gasteiger partial charge in [-0.3, -0.25) is 43.6 Å². The molecule has 0 radical (unpaired) electrons. The number of aromatic nitrogens is 8. The minimum absolute atomic E-state index is 0.00264. The van der Waals surface area contributed by atoms with Gasteiger partial charge in [0.25, 0.3) is 20.0 Å². The summed E-state index contributed by atoms with van der Waals surface area (Å²) in [4.78, 5) is 101. The quantitative estimate of drug-likeness (QED) is 0.0172. The van der Waals surface area contributed by atoms with Crippen LogP contribution in [0.2, 0.25) is 10.0 Å². The molecule has 38 heteroatoms. The summed E-state index contributed by atoms with van der Waals surface area (Å²) in [7, 11) is -3.10. The highest BCUT2D eigenvalue weighted by atomic mass is 35.5. The van der Waals surface area contributed by atoms with Gasteiger partial charge in [0.2, 0.25) is 12.2 Å². The van der Waals surface area contributed by atoms with Gasteiger partial charge >= 0.3 is 29.8 Å². The summed E-state index contributed by atoms with van der Waals surface area (Å²) in [5.74, 6) is -2.79. The van der Waals surface area contributed by atoms with Crippen LogP contribution in [0.15, 0.2) is 198 Å². The minimum Gasteiger partial charge on any atom is -0.469 e. The summed E-state index contributed by atoms with van der Waals surface area (Å²) >= 11 is 12.3. The Hall–Kier alpha value is -11.3. The molecule has 4 saturated carbocycles. The van der Waals surface area contributed by atoms with Crippen LogP contribution in [0.1, 0.15) is 48.9 Å². The van der Waals surface area contributed by atoms with E-state index in [1.165, 1.54) is 89.8 Å². The number of carbonyl (C=O) groups excluding carboxylic acids is 5. The van der Waals surface area contributed by atoms with Crippen molar-refractivity contribution in [2.45, 2.75) is 85.3 Å². The van der Waals surface area contributed by atoms with E-state index in [1.807, 2.05) is 32.1 Å². The first-order valence-electron chi connectivity index (χ1n) is 37.9. The molecule has 0 amide bonds. The number of carbonyl (C=O) groups is 5. The van der Waals surface area contributed by atoms with E-state index >= 15 is 4.39 Å². The molecule has 9 unspecified atom stereocenters. The van der Waals surface area contributed by atoms with Crippen LogP contribution in [0.25, 0.3) is 44.8 Å². The molecule has 17 rings (SSSR count). The molecule has 31 nitrogen and oxygen atoms in total. The van der Waals surface area contributed by atoms with E-state index in [9.17, 15) is 69.6 Å². The highest BCUT2D eigenvalue weighted by Crippen LogP contribution is 2.51. The highest BCUT2D eigenvalue weighted by Gasteiger charge is 2.56. The smallest absolute Gasteiger partial charge is 0.336 e. The van der Waals surface area contributed by atoms with Crippen molar-refractivity contribution in [2.24, 2.45) is 88.4 Å². The van der Waals surface area contributed by atoms with E-state index in [1.54, 1.807) is 30.3 Å². The lowest BCUT2D eigenvalue weighted by Gasteiger charge is -2.25. The van der Waals surface area contributed by atoms with E-state index in [0.29, 0.717) is 57.7 Å². The molecule has 0 saturated heterocycles. The lowest BCUT2D eigenvalue weighted by Crippen LogP contribution is -2.39. The molecular weight excluding hydrogens is 1670 g/mol. The zero-order valence-electron chi connectivity index (χ0n) is 66.4. The maximum atomic E-state index is 15.0. The molecule has 6 heterocycles. The fourth-order valence-electron chi connectivity index (χ4n) is 16.5. The number of nitro groups is 2. The Morgan fingerprint density at radius 3 is 1.36 bits per heavy atom. The number of aryl methyl sites for hydroxylation is 2. The Labute approximate surface area is 706 Å². The van der Waals surface area contributed by atoms with Crippen LogP contribution in [0.4, 0.5) is 8.78 Å². The van der Waals surface area contributed by atoms with Gasteiger partial charge in [0.05, 0.1) is 113 Å². The van der Waals surface area contributed by atoms with Gasteiger partial charge in [-0.05, 0) is 136 Å². The van der Waals surface area contributed by atoms with Crippen molar-refractivity contribution in [3.63, 3.8) is 0 Å². The molecule has 0 spiro atoms. The molecule has 638 valence electrons. The Balaban J connectivity index is 0.000000152. The largest absolute Gasteiger partial charge is 0.469 e. The Bertz CT molecular complexity index is 5730. The van der Waals surface area contributed by atoms with Crippen molar-refractivity contribution in [1.82, 2.24) is 37.8 Å². The van der Waals surface area contributed by atoms with Crippen molar-refractivity contribution in [2.75, 3.05) is 41.8 Å². The lowest BCUT2D eigenvalue weighted by atomic mass is 9.80. The number of rotatable bonds is 16. The van der Waals surface area contributed by atoms with Crippen molar-refractivity contribution in [3.05, 3.63) is 242 Å². The van der Waals surface area contributed by atoms with E-state index in [-0.39, 0.29) is 143 Å². The number of esters is 5. The van der Waals surface area contributed by atoms with Gasteiger partial charge < -0.3 is 35.2 Å². The number of hydrogen-bond donors (Lipinski definition) is 2. The standard InChI is InChI=1S/C28H24ClFN4O4S.C19H14ClFN4O3S2.C9H11NO4.2C9H13NO2.C5H6.C4H5NO4/c1-15-3-7-19(8-4-15)39(36,37)34-14-22(21-10-18(29)12-32-27(21)34)26-31-13-23(30)24(33-26)11-20-16-5-6-17(9-16)25(20)28(35)38-2;1-11-3-5-13(6-4-11)30(27,28)25-10-15(14-7-12(20)8-23-18(14)25)17-22-9-16(21)19(24-17)29(2)26;1-14-9(11)7-5-2-3-6(4-5)8(7)10(12)13;2*1-12-9(11)7-5-2-3-6(4-5)8(7)10;1-2-4-5-3-1;1-9-4(6)2-3-5(7)8/h3-8,10,12-14,16-17,20,25H,9,11H2,1-2H3;3-10H,1-2H3;2-3,5-8H,4H2,1H3;2*2-3,5-8H,4,10H2,1H3;1-4H,5H2;2-3H,1H3/b;;;;;;3-2+/t16?,17?,20-,25-;;3*5?,6?,7-,8-;;/m0.000../s1. The van der Waals surface area contributed by atoms with Gasteiger partial charge in [-0.15, -0.1) is 0 Å². The molecule has 4 fully saturated rings. The first-order chi connectivity index (χ1) is 57.6. The molecule has 9 aliphatic rings. The Morgan fingerprint density at radius 1 is 0.554 bits per heavy atom. The maximum Gasteiger partial charge on any atom is 0.336 e. The van der Waals surface area contributed by atoms with Gasteiger partial charge in [-0.1, -0.05) is 132 Å². The van der Waals surface area contributed by atoms with Gasteiger partial charge in [0.1, 0.15) is 5.92 Å². The number of halogens is 4. The average Bonchev–Trinajstić information content (AvgIpc) is 1.59. The molecular formula is C83H86Cl2F2N12O19S3. The monoisotopic (exact) mass is 1760 g/mol. The van der Waals surface area contributed by atoms with Gasteiger partial charge in [0, 0.05) is 75.9 Å². The summed E-state index contributed by atoms with van der Waals surface area (Å²) in [5, 5.41) is 21.4. The number of pyridine rings is 2. The van der Waals surface area contributed by atoms with Crippen LogP contribution < -0.4 is 11.5 Å². The Morgan fingerprint density at radius 2 is 0.950 bits per heavy atom. The van der Waals surface area contributed by atoms with Crippen LogP contribution in [-0.2, 0) is 84.9 Å². The Kier molecular flexibility index (Phi) is 29.2. The summed E-state index contributed by atoms with van der Waals surface area (Å²) in [6, 6.07) is 15.1. The molecule has 4 N–H and O–H groups in total. The normalized spacial score (nSPS) is 24.8. The summed E-state index contributed by atoms with van der Waals surface area (Å²) in [6.45, 7) is 3.72. The van der Waals surface area contributed by atoms with Gasteiger partial charge in [0.15, 0.2) is 39.6 Å². The number of ether oxygens (including phenoxy) is 5. The van der Waals surface area contributed by atoms with Crippen LogP contribution in [0, 0.1) is 123 Å². The first kappa shape index (κ1) is 90.5. The zero-order valence-corrected chi connectivity index (χ0v) is 70.4. The second-order valence-corrected chi connectivity index (χ2v) is 35.5. The third-order valence-electron chi connectivity index (χ3n) is 22.4. The van der Waals surface area contributed by atoms with Gasteiger partial charge in [-0.2, -0.15) is 0 Å². The molecule has 8 aromatic rings. The third-order valence-corrected chi connectivity index (χ3v) is 27.0. The first-order valence-corrected chi connectivity index (χ1v) is 43.1. The predicted molar refractivity (Wildman–Crippen MR) is 441 cm³/mol. The molecule has 9 aliphatic carbocycles. The molecule has 8 bridgehead atoms. The van der Waals surface area contributed by atoms with E-state index < -0.39 is 71.3 Å². The summed E-state index contributed by atoms with van der Waals surface area (Å²) in [5.41, 5.74) is 14.6. The van der Waals surface area contributed by atoms with Crippen molar-refractivity contribution in [1.29, 1.82) is 0 Å². The number of allylic oxidation sites excluding steroid dienone is 9. The van der Waals surface area contributed by atoms with E-state index in [2.05, 4.69) is 94.1 Å².